The van der Waals surface area contributed by atoms with Crippen molar-refractivity contribution in [2.45, 2.75) is 6.42 Å². The van der Waals surface area contributed by atoms with Crippen LogP contribution in [0.4, 0.5) is 5.13 Å². The molecule has 0 radical (unpaired) electrons. The van der Waals surface area contributed by atoms with Gasteiger partial charge in [0, 0.05) is 18.3 Å². The topological polar surface area (TPSA) is 49.0 Å². The van der Waals surface area contributed by atoms with E-state index in [9.17, 15) is 4.79 Å². The molecule has 1 aliphatic rings. The van der Waals surface area contributed by atoms with Crippen molar-refractivity contribution in [2.24, 2.45) is 5.92 Å². The molecule has 14 heavy (non-hydrogen) atoms. The van der Waals surface area contributed by atoms with Crippen LogP contribution in [0, 0.1) is 9.87 Å². The molecule has 0 aliphatic carbocycles. The van der Waals surface area contributed by atoms with Crippen molar-refractivity contribution < 1.29 is 4.79 Å². The lowest BCUT2D eigenvalue weighted by molar-refractivity contribution is -0.117. The van der Waals surface area contributed by atoms with Gasteiger partial charge in [0.15, 0.2) is 3.95 Å². The Balaban J connectivity index is 2.20. The zero-order chi connectivity index (χ0) is 10.1. The molecule has 0 aromatic carbocycles. The van der Waals surface area contributed by atoms with E-state index >= 15 is 0 Å². The van der Waals surface area contributed by atoms with E-state index in [4.69, 9.17) is 12.2 Å². The zero-order valence-electron chi connectivity index (χ0n) is 7.20. The molecule has 1 N–H and O–H groups in total. The summed E-state index contributed by atoms with van der Waals surface area (Å²) in [5, 5.41) is 8.21. The summed E-state index contributed by atoms with van der Waals surface area (Å²) < 4.78 is 0.607. The van der Waals surface area contributed by atoms with E-state index in [2.05, 4.69) is 26.1 Å². The lowest BCUT2D eigenvalue weighted by atomic mass is 10.2. The predicted octanol–water partition coefficient (Wildman–Crippen LogP) is 1.95. The van der Waals surface area contributed by atoms with Gasteiger partial charge in [-0.1, -0.05) is 27.3 Å². The number of amides is 1. The standard InChI is InChI=1S/C7H8BrN3OS2/c8-2-4-1-5(12)11(3-4)6-9-10-7(13)14-6/h4H,1-3H2,(H,10,13). The van der Waals surface area contributed by atoms with E-state index < -0.39 is 0 Å². The summed E-state index contributed by atoms with van der Waals surface area (Å²) >= 11 is 9.64. The number of aromatic nitrogens is 2. The van der Waals surface area contributed by atoms with E-state index in [1.54, 1.807) is 4.90 Å². The molecule has 0 saturated carbocycles. The van der Waals surface area contributed by atoms with Crippen LogP contribution in [0.1, 0.15) is 6.42 Å². The maximum atomic E-state index is 11.6. The highest BCUT2D eigenvalue weighted by Gasteiger charge is 2.31. The van der Waals surface area contributed by atoms with Crippen molar-refractivity contribution in [3.63, 3.8) is 0 Å². The summed E-state index contributed by atoms with van der Waals surface area (Å²) in [7, 11) is 0. The smallest absolute Gasteiger partial charge is 0.229 e. The minimum absolute atomic E-state index is 0.132. The van der Waals surface area contributed by atoms with Crippen LogP contribution in [-0.4, -0.2) is 28.0 Å². The molecule has 0 bridgehead atoms. The minimum atomic E-state index is 0.132. The van der Waals surface area contributed by atoms with Gasteiger partial charge in [0.05, 0.1) is 0 Å². The highest BCUT2D eigenvalue weighted by molar-refractivity contribution is 9.09. The third-order valence-electron chi connectivity index (χ3n) is 2.08. The Morgan fingerprint density at radius 1 is 1.79 bits per heavy atom. The fourth-order valence-electron chi connectivity index (χ4n) is 1.41. The lowest BCUT2D eigenvalue weighted by Gasteiger charge is -2.10. The number of nitrogens with zero attached hydrogens (tertiary/aromatic N) is 2. The van der Waals surface area contributed by atoms with E-state index in [-0.39, 0.29) is 5.91 Å². The summed E-state index contributed by atoms with van der Waals surface area (Å²) in [5.41, 5.74) is 0. The molecule has 1 aromatic rings. The number of carbonyl (C=O) groups excluding carboxylic acids is 1. The van der Waals surface area contributed by atoms with Crippen molar-refractivity contribution in [2.75, 3.05) is 16.8 Å². The minimum Gasteiger partial charge on any atom is -0.286 e. The summed E-state index contributed by atoms with van der Waals surface area (Å²) in [4.78, 5) is 13.3. The number of alkyl halides is 1. The number of aromatic amines is 1. The van der Waals surface area contributed by atoms with Gasteiger partial charge in [-0.25, -0.2) is 0 Å². The second-order valence-corrected chi connectivity index (χ2v) is 5.42. The number of hydrogen-bond acceptors (Lipinski definition) is 4. The molecule has 1 aromatic heterocycles. The third-order valence-corrected chi connectivity index (χ3v) is 4.11. The summed E-state index contributed by atoms with van der Waals surface area (Å²) in [6, 6.07) is 0. The molecule has 2 heterocycles. The first-order chi connectivity index (χ1) is 6.70. The van der Waals surface area contributed by atoms with Gasteiger partial charge in [-0.15, -0.1) is 5.10 Å². The van der Waals surface area contributed by atoms with Crippen LogP contribution in [0.5, 0.6) is 0 Å². The monoisotopic (exact) mass is 293 g/mol. The Labute approximate surface area is 98.4 Å². The van der Waals surface area contributed by atoms with Gasteiger partial charge < -0.3 is 0 Å². The van der Waals surface area contributed by atoms with Crippen LogP contribution in [0.25, 0.3) is 0 Å². The Kier molecular flexibility index (Phi) is 2.99. The average Bonchev–Trinajstić information content (AvgIpc) is 2.71. The van der Waals surface area contributed by atoms with Crippen LogP contribution in [0.2, 0.25) is 0 Å². The average molecular weight is 294 g/mol. The molecule has 1 unspecified atom stereocenters. The highest BCUT2D eigenvalue weighted by atomic mass is 79.9. The molecule has 7 heteroatoms. The van der Waals surface area contributed by atoms with E-state index in [1.807, 2.05) is 0 Å². The number of H-pyrrole nitrogens is 1. The van der Waals surface area contributed by atoms with Crippen molar-refractivity contribution >= 4 is 50.5 Å². The van der Waals surface area contributed by atoms with Gasteiger partial charge in [0.1, 0.15) is 0 Å². The van der Waals surface area contributed by atoms with Crippen LogP contribution < -0.4 is 4.90 Å². The van der Waals surface area contributed by atoms with Gasteiger partial charge in [0.2, 0.25) is 11.0 Å². The number of hydrogen-bond donors (Lipinski definition) is 1. The largest absolute Gasteiger partial charge is 0.286 e. The predicted molar refractivity (Wildman–Crippen MR) is 61.6 cm³/mol. The van der Waals surface area contributed by atoms with Crippen molar-refractivity contribution in [1.82, 2.24) is 10.2 Å². The molecule has 1 aliphatic heterocycles. The van der Waals surface area contributed by atoms with Crippen molar-refractivity contribution in [3.05, 3.63) is 3.95 Å². The number of halogens is 1. The number of carbonyl (C=O) groups is 1. The summed E-state index contributed by atoms with van der Waals surface area (Å²) in [5.74, 6) is 0.521. The fraction of sp³-hybridized carbons (Fsp3) is 0.571. The van der Waals surface area contributed by atoms with Crippen molar-refractivity contribution in [1.29, 1.82) is 0 Å². The second-order valence-electron chi connectivity index (χ2n) is 3.12. The highest BCUT2D eigenvalue weighted by Crippen LogP contribution is 2.27. The molecule has 76 valence electrons. The van der Waals surface area contributed by atoms with Gasteiger partial charge in [0.25, 0.3) is 0 Å². The third kappa shape index (κ3) is 1.89. The normalized spacial score (nSPS) is 21.9. The molecular weight excluding hydrogens is 286 g/mol. The van der Waals surface area contributed by atoms with Gasteiger partial charge in [-0.05, 0) is 18.1 Å². The SMILES string of the molecule is O=C1CC(CBr)CN1c1n[nH]c(=S)s1. The molecule has 1 saturated heterocycles. The van der Waals surface area contributed by atoms with E-state index in [0.717, 1.165) is 11.9 Å². The summed E-state index contributed by atoms with van der Waals surface area (Å²) in [6.07, 6.45) is 0.595. The van der Waals surface area contributed by atoms with E-state index in [1.165, 1.54) is 11.3 Å². The molecule has 0 spiro atoms. The van der Waals surface area contributed by atoms with Gasteiger partial charge in [-0.2, -0.15) is 0 Å². The molecule has 4 nitrogen and oxygen atoms in total. The van der Waals surface area contributed by atoms with Gasteiger partial charge in [-0.3, -0.25) is 14.8 Å². The number of nitrogens with one attached hydrogen (secondary N) is 1. The second kappa shape index (κ2) is 4.08. The molecule has 1 fully saturated rings. The maximum absolute atomic E-state index is 11.6. The van der Waals surface area contributed by atoms with Gasteiger partial charge >= 0.3 is 0 Å². The molecular formula is C7H8BrN3OS2. The Morgan fingerprint density at radius 3 is 3.07 bits per heavy atom. The number of rotatable bonds is 2. The first-order valence-electron chi connectivity index (χ1n) is 4.12. The molecule has 1 amide bonds. The molecule has 2 rings (SSSR count). The number of anilines is 1. The first-order valence-corrected chi connectivity index (χ1v) is 6.47. The Morgan fingerprint density at radius 2 is 2.57 bits per heavy atom. The van der Waals surface area contributed by atoms with Crippen molar-refractivity contribution in [3.8, 4) is 0 Å². The maximum Gasteiger partial charge on any atom is 0.229 e. The molecule has 1 atom stereocenters. The van der Waals surface area contributed by atoms with E-state index in [0.29, 0.717) is 21.4 Å². The Hall–Kier alpha value is -0.270. The van der Waals surface area contributed by atoms with Crippen LogP contribution in [-0.2, 0) is 4.79 Å². The quantitative estimate of drug-likeness (QED) is 0.670. The van der Waals surface area contributed by atoms with Crippen LogP contribution in [0.15, 0.2) is 0 Å². The lowest BCUT2D eigenvalue weighted by Crippen LogP contribution is -2.24. The van der Waals surface area contributed by atoms with Crippen LogP contribution >= 0.6 is 39.5 Å². The first kappa shape index (κ1) is 10.3. The van der Waals surface area contributed by atoms with Crippen LogP contribution in [0.3, 0.4) is 0 Å². The zero-order valence-corrected chi connectivity index (χ0v) is 10.4. The summed E-state index contributed by atoms with van der Waals surface area (Å²) in [6.45, 7) is 0.736. The fourth-order valence-corrected chi connectivity index (χ4v) is 2.75. The Bertz CT molecular complexity index is 402.